The molecule has 0 saturated heterocycles. The molecule has 9 heteroatoms. The number of thioether (sulfide) groups is 1. The summed E-state index contributed by atoms with van der Waals surface area (Å²) in [4.78, 5) is 16.0. The lowest BCUT2D eigenvalue weighted by molar-refractivity contribution is -0.118. The molecule has 1 aliphatic heterocycles. The van der Waals surface area contributed by atoms with Crippen molar-refractivity contribution in [2.24, 2.45) is 4.99 Å². The van der Waals surface area contributed by atoms with Crippen LogP contribution >= 0.6 is 11.8 Å². The fraction of sp³-hybridized carbons (Fsp3) is 0.429. The van der Waals surface area contributed by atoms with Gasteiger partial charge in [-0.3, -0.25) is 14.4 Å². The Morgan fingerprint density at radius 1 is 1.19 bits per heavy atom. The average Bonchev–Trinajstić information content (AvgIpc) is 3.13. The minimum atomic E-state index is -0.599. The van der Waals surface area contributed by atoms with E-state index in [0.717, 1.165) is 65.1 Å². The number of nitrogens with zero attached hydrogens (tertiary/aromatic N) is 4. The van der Waals surface area contributed by atoms with E-state index in [9.17, 15) is 9.90 Å². The zero-order valence-corrected chi connectivity index (χ0v) is 23.4. The Morgan fingerprint density at radius 2 is 1.92 bits per heavy atom. The van der Waals surface area contributed by atoms with E-state index in [-0.39, 0.29) is 5.91 Å². The van der Waals surface area contributed by atoms with Crippen molar-refractivity contribution in [1.82, 2.24) is 20.1 Å². The summed E-state index contributed by atoms with van der Waals surface area (Å²) in [7, 11) is 1.68. The Kier molecular flexibility index (Phi) is 9.88. The smallest absolute Gasteiger partial charge is 0.216 e. The average molecular weight is 524 g/mol. The monoisotopic (exact) mass is 523 g/mol. The zero-order valence-electron chi connectivity index (χ0n) is 22.5. The Morgan fingerprint density at radius 3 is 2.51 bits per heavy atom. The molecule has 0 unspecified atom stereocenters. The van der Waals surface area contributed by atoms with Gasteiger partial charge in [0.1, 0.15) is 18.1 Å². The van der Waals surface area contributed by atoms with Gasteiger partial charge in [0.15, 0.2) is 5.82 Å². The van der Waals surface area contributed by atoms with E-state index in [0.29, 0.717) is 6.54 Å². The molecule has 8 nitrogen and oxygen atoms in total. The number of hydrogen-bond donors (Lipinski definition) is 2. The standard InChI is InChI=1S/C24H28N4O2S.C4H9NO/c1-16-26-27-22-15-25-23(20-14-18(30-4)8-11-21(20)28(16)22)17-6-9-19(10-7-17)31-13-5-12-24(2,3)29;1-3-5-4(2)6/h6-11,14,29H,5,12-13,15H2,1-4H3;3H2,1-2H3,(H,5,6). The van der Waals surface area contributed by atoms with Crippen LogP contribution in [0.4, 0.5) is 0 Å². The lowest BCUT2D eigenvalue weighted by Gasteiger charge is -2.16. The number of carbonyl (C=O) groups is 1. The highest BCUT2D eigenvalue weighted by Crippen LogP contribution is 2.30. The number of carbonyl (C=O) groups excluding carboxylic acids is 1. The molecule has 0 fully saturated rings. The lowest BCUT2D eigenvalue weighted by Crippen LogP contribution is -2.18. The Hall–Kier alpha value is -3.17. The van der Waals surface area contributed by atoms with Crippen LogP contribution < -0.4 is 10.1 Å². The van der Waals surface area contributed by atoms with Crippen molar-refractivity contribution in [2.45, 2.75) is 64.5 Å². The molecule has 2 aromatic carbocycles. The second-order valence-corrected chi connectivity index (χ2v) is 10.6. The molecule has 1 aromatic heterocycles. The number of amides is 1. The number of aryl methyl sites for hydroxylation is 1. The molecule has 0 bridgehead atoms. The molecule has 1 aliphatic rings. The first-order chi connectivity index (χ1) is 17.6. The van der Waals surface area contributed by atoms with Gasteiger partial charge in [0.2, 0.25) is 5.91 Å². The van der Waals surface area contributed by atoms with Gasteiger partial charge in [0.05, 0.1) is 24.1 Å². The van der Waals surface area contributed by atoms with Gasteiger partial charge in [-0.05, 0) is 76.6 Å². The van der Waals surface area contributed by atoms with Gasteiger partial charge in [0.25, 0.3) is 0 Å². The zero-order chi connectivity index (χ0) is 27.0. The first-order valence-corrected chi connectivity index (χ1v) is 13.5. The second-order valence-electron chi connectivity index (χ2n) is 9.42. The van der Waals surface area contributed by atoms with Crippen LogP contribution in [0, 0.1) is 6.92 Å². The quantitative estimate of drug-likeness (QED) is 0.327. The summed E-state index contributed by atoms with van der Waals surface area (Å²) in [5, 5.41) is 21.0. The second kappa shape index (κ2) is 12.9. The number of aromatic nitrogens is 3. The van der Waals surface area contributed by atoms with Crippen molar-refractivity contribution >= 4 is 23.4 Å². The van der Waals surface area contributed by atoms with Crippen LogP contribution in [-0.4, -0.2) is 56.5 Å². The normalized spacial score (nSPS) is 12.4. The molecule has 0 saturated carbocycles. The summed E-state index contributed by atoms with van der Waals surface area (Å²) in [6, 6.07) is 14.6. The number of ether oxygens (including phenoxy) is 1. The molecule has 198 valence electrons. The minimum absolute atomic E-state index is 0.0394. The number of methoxy groups -OCH3 is 1. The lowest BCUT2D eigenvalue weighted by atomic mass is 10.00. The van der Waals surface area contributed by atoms with E-state index >= 15 is 0 Å². The van der Waals surface area contributed by atoms with Crippen LogP contribution in [0.25, 0.3) is 5.69 Å². The third-order valence-electron chi connectivity index (χ3n) is 5.73. The number of rotatable bonds is 8. The van der Waals surface area contributed by atoms with Gasteiger partial charge in [-0.25, -0.2) is 0 Å². The van der Waals surface area contributed by atoms with Gasteiger partial charge in [-0.15, -0.1) is 22.0 Å². The largest absolute Gasteiger partial charge is 0.497 e. The predicted molar refractivity (Wildman–Crippen MR) is 149 cm³/mol. The van der Waals surface area contributed by atoms with E-state index < -0.39 is 5.60 Å². The van der Waals surface area contributed by atoms with E-state index in [2.05, 4.69) is 44.3 Å². The van der Waals surface area contributed by atoms with Crippen molar-refractivity contribution in [2.75, 3.05) is 19.4 Å². The topological polar surface area (TPSA) is 102 Å². The maximum Gasteiger partial charge on any atom is 0.216 e. The highest BCUT2D eigenvalue weighted by molar-refractivity contribution is 7.99. The highest BCUT2D eigenvalue weighted by Gasteiger charge is 2.22. The maximum atomic E-state index is 9.93. The van der Waals surface area contributed by atoms with Gasteiger partial charge < -0.3 is 15.2 Å². The van der Waals surface area contributed by atoms with Crippen LogP contribution in [0.2, 0.25) is 0 Å². The Labute approximate surface area is 223 Å². The van der Waals surface area contributed by atoms with Crippen LogP contribution in [0.5, 0.6) is 5.75 Å². The first kappa shape index (κ1) is 28.4. The Balaban J connectivity index is 0.000000568. The molecule has 1 amide bonds. The van der Waals surface area contributed by atoms with Gasteiger partial charge in [0, 0.05) is 29.5 Å². The maximum absolute atomic E-state index is 9.93. The van der Waals surface area contributed by atoms with Crippen molar-refractivity contribution in [3.05, 3.63) is 65.2 Å². The van der Waals surface area contributed by atoms with Crippen molar-refractivity contribution in [1.29, 1.82) is 0 Å². The number of hydrogen-bond acceptors (Lipinski definition) is 7. The number of aliphatic imine (C=N–C) groups is 1. The van der Waals surface area contributed by atoms with Crippen LogP contribution in [-0.2, 0) is 11.3 Å². The predicted octanol–water partition coefficient (Wildman–Crippen LogP) is 4.72. The van der Waals surface area contributed by atoms with Crippen LogP contribution in [0.3, 0.4) is 0 Å². The Bertz CT molecular complexity index is 1230. The van der Waals surface area contributed by atoms with Gasteiger partial charge in [-0.1, -0.05) is 12.1 Å². The fourth-order valence-corrected chi connectivity index (χ4v) is 4.84. The van der Waals surface area contributed by atoms with E-state index in [1.165, 1.54) is 11.8 Å². The third-order valence-corrected chi connectivity index (χ3v) is 6.82. The highest BCUT2D eigenvalue weighted by atomic mass is 32.2. The molecule has 2 N–H and O–H groups in total. The minimum Gasteiger partial charge on any atom is -0.497 e. The number of benzene rings is 2. The van der Waals surface area contributed by atoms with Gasteiger partial charge in [-0.2, -0.15) is 0 Å². The number of fused-ring (bicyclic) bond motifs is 3. The van der Waals surface area contributed by atoms with Crippen molar-refractivity contribution in [3.63, 3.8) is 0 Å². The van der Waals surface area contributed by atoms with E-state index in [4.69, 9.17) is 9.73 Å². The summed E-state index contributed by atoms with van der Waals surface area (Å²) in [6.45, 7) is 10.3. The SMILES string of the molecule is CCNC(C)=O.COc1ccc2c(c1)C(c1ccc(SCCCC(C)(C)O)cc1)=NCc1nnc(C)n1-2. The summed E-state index contributed by atoms with van der Waals surface area (Å²) >= 11 is 1.81. The molecule has 3 aromatic rings. The molecular formula is C28H37N5O3S. The fourth-order valence-electron chi connectivity index (χ4n) is 3.98. The third kappa shape index (κ3) is 7.90. The molecular weight excluding hydrogens is 486 g/mol. The molecule has 0 spiro atoms. The first-order valence-electron chi connectivity index (χ1n) is 12.5. The molecule has 4 rings (SSSR count). The molecule has 0 aliphatic carbocycles. The van der Waals surface area contributed by atoms with Crippen molar-refractivity contribution in [3.8, 4) is 11.4 Å². The number of nitrogens with one attached hydrogen (secondary N) is 1. The van der Waals surface area contributed by atoms with E-state index in [1.54, 1.807) is 7.11 Å². The summed E-state index contributed by atoms with van der Waals surface area (Å²) < 4.78 is 7.55. The van der Waals surface area contributed by atoms with E-state index in [1.807, 2.05) is 57.7 Å². The molecule has 0 radical (unpaired) electrons. The number of aliphatic hydroxyl groups is 1. The van der Waals surface area contributed by atoms with Crippen LogP contribution in [0.15, 0.2) is 52.4 Å². The molecule has 2 heterocycles. The summed E-state index contributed by atoms with van der Waals surface area (Å²) in [5.74, 6) is 3.49. The van der Waals surface area contributed by atoms with Crippen LogP contribution in [0.1, 0.15) is 63.3 Å². The molecule has 0 atom stereocenters. The summed E-state index contributed by atoms with van der Waals surface area (Å²) in [5.41, 5.74) is 3.41. The molecule has 37 heavy (non-hydrogen) atoms. The van der Waals surface area contributed by atoms with Gasteiger partial charge >= 0.3 is 0 Å². The summed E-state index contributed by atoms with van der Waals surface area (Å²) in [6.07, 6.45) is 1.78. The van der Waals surface area contributed by atoms with Crippen molar-refractivity contribution < 1.29 is 14.6 Å².